The summed E-state index contributed by atoms with van der Waals surface area (Å²) in [4.78, 5) is 42.6. The molecule has 46 heavy (non-hydrogen) atoms. The van der Waals surface area contributed by atoms with Gasteiger partial charge in [0.2, 0.25) is 5.91 Å². The third kappa shape index (κ3) is 4.21. The Labute approximate surface area is 265 Å². The average molecular weight is 668 g/mol. The lowest BCUT2D eigenvalue weighted by Gasteiger charge is -2.50. The standard InChI is InChI=1S/C30H24ClF2N7O5S/c1-3-23(42)37-13-21-30(43)40(46(44,45)39-14-36-29-19(39)7-5-9-34-29)20-11-35-27-16(28(20)38(21)12-15(37)2)10-17(31)24(26(27)33)25-18(32)6-4-8-22(25)41/h4-11,14-15,21,41H,3,12-13H2,1-2H3/t15-,21-/m1/s1. The Morgan fingerprint density at radius 3 is 2.63 bits per heavy atom. The van der Waals surface area contributed by atoms with Crippen molar-refractivity contribution < 1.29 is 31.9 Å². The number of halogens is 3. The highest BCUT2D eigenvalue weighted by molar-refractivity contribution is 7.92. The molecule has 0 spiro atoms. The molecule has 1 N–H and O–H groups in total. The van der Waals surface area contributed by atoms with Gasteiger partial charge in [0.15, 0.2) is 11.5 Å². The van der Waals surface area contributed by atoms with Gasteiger partial charge < -0.3 is 14.9 Å². The molecular weight excluding hydrogens is 644 g/mol. The van der Waals surface area contributed by atoms with Gasteiger partial charge in [0, 0.05) is 36.2 Å². The third-order valence-corrected chi connectivity index (χ3v) is 10.3. The monoisotopic (exact) mass is 667 g/mol. The lowest BCUT2D eigenvalue weighted by atomic mass is 9.96. The van der Waals surface area contributed by atoms with Crippen LogP contribution in [0.25, 0.3) is 33.2 Å². The number of phenols is 1. The summed E-state index contributed by atoms with van der Waals surface area (Å²) in [6.07, 6.45) is 3.69. The van der Waals surface area contributed by atoms with Gasteiger partial charge in [0.05, 0.1) is 29.0 Å². The Balaban J connectivity index is 1.50. The largest absolute Gasteiger partial charge is 0.507 e. The van der Waals surface area contributed by atoms with Crippen LogP contribution in [0.15, 0.2) is 55.1 Å². The molecule has 12 nitrogen and oxygen atoms in total. The van der Waals surface area contributed by atoms with Crippen LogP contribution in [0.1, 0.15) is 20.3 Å². The van der Waals surface area contributed by atoms with E-state index < -0.39 is 56.7 Å². The zero-order valence-corrected chi connectivity index (χ0v) is 25.8. The highest BCUT2D eigenvalue weighted by Gasteiger charge is 2.50. The highest BCUT2D eigenvalue weighted by Crippen LogP contribution is 2.48. The van der Waals surface area contributed by atoms with Gasteiger partial charge in [0.1, 0.15) is 40.7 Å². The molecule has 7 rings (SSSR count). The van der Waals surface area contributed by atoms with Crippen molar-refractivity contribution in [2.45, 2.75) is 32.4 Å². The quantitative estimate of drug-likeness (QED) is 0.298. The summed E-state index contributed by atoms with van der Waals surface area (Å²) in [6, 6.07) is 6.19. The first-order valence-electron chi connectivity index (χ1n) is 14.2. The number of hydrogen-bond donors (Lipinski definition) is 1. The molecule has 0 saturated carbocycles. The van der Waals surface area contributed by atoms with E-state index in [9.17, 15) is 27.5 Å². The topological polar surface area (TPSA) is 142 Å². The van der Waals surface area contributed by atoms with E-state index in [-0.39, 0.29) is 63.9 Å². The maximum absolute atomic E-state index is 16.4. The number of carbonyl (C=O) groups excluding carboxylic acids is 2. The molecular formula is C30H24ClF2N7O5S. The smallest absolute Gasteiger partial charge is 0.338 e. The Kier molecular flexibility index (Phi) is 6.86. The van der Waals surface area contributed by atoms with E-state index >= 15 is 4.39 Å². The van der Waals surface area contributed by atoms with Crippen molar-refractivity contribution in [3.8, 4) is 16.9 Å². The zero-order chi connectivity index (χ0) is 32.7. The minimum atomic E-state index is -4.75. The number of anilines is 2. The molecule has 16 heteroatoms. The van der Waals surface area contributed by atoms with Crippen LogP contribution in [0.5, 0.6) is 5.75 Å². The molecule has 5 heterocycles. The van der Waals surface area contributed by atoms with E-state index in [0.29, 0.717) is 4.31 Å². The average Bonchev–Trinajstić information content (AvgIpc) is 3.47. The van der Waals surface area contributed by atoms with Gasteiger partial charge in [-0.25, -0.2) is 22.7 Å². The molecule has 0 unspecified atom stereocenters. The maximum atomic E-state index is 16.4. The number of benzene rings is 2. The van der Waals surface area contributed by atoms with E-state index in [1.807, 2.05) is 0 Å². The second-order valence-electron chi connectivity index (χ2n) is 11.0. The summed E-state index contributed by atoms with van der Waals surface area (Å²) in [5.74, 6) is -3.62. The SMILES string of the molecule is CCC(=O)N1C[C@@H]2C(=O)N(S(=O)(=O)n3cnc4ncccc43)c3cnc4c(F)c(-c5c(O)cccc5F)c(Cl)cc4c3N2C[C@H]1C. The lowest BCUT2D eigenvalue weighted by Crippen LogP contribution is -2.67. The van der Waals surface area contributed by atoms with E-state index in [1.165, 1.54) is 41.4 Å². The fraction of sp³-hybridized carbons (Fsp3) is 0.233. The number of aromatic nitrogens is 4. The van der Waals surface area contributed by atoms with E-state index in [2.05, 4.69) is 15.0 Å². The highest BCUT2D eigenvalue weighted by atomic mass is 35.5. The molecule has 0 bridgehead atoms. The molecule has 2 atom stereocenters. The van der Waals surface area contributed by atoms with Gasteiger partial charge in [-0.2, -0.15) is 12.7 Å². The van der Waals surface area contributed by atoms with Gasteiger partial charge in [-0.05, 0) is 37.3 Å². The van der Waals surface area contributed by atoms with Crippen LogP contribution in [-0.2, 0) is 19.8 Å². The molecule has 0 aliphatic carbocycles. The number of nitrogens with zero attached hydrogens (tertiary/aromatic N) is 7. The van der Waals surface area contributed by atoms with Crippen molar-refractivity contribution in [1.82, 2.24) is 23.8 Å². The first-order valence-corrected chi connectivity index (χ1v) is 16.0. The number of phenolic OH excluding ortho intramolecular Hbond substituents is 1. The maximum Gasteiger partial charge on any atom is 0.338 e. The van der Waals surface area contributed by atoms with Crippen molar-refractivity contribution in [3.63, 3.8) is 0 Å². The Hall–Kier alpha value is -4.89. The number of fused-ring (bicyclic) bond motifs is 6. The Morgan fingerprint density at radius 1 is 1.11 bits per heavy atom. The minimum absolute atomic E-state index is 0.0388. The van der Waals surface area contributed by atoms with E-state index in [0.717, 1.165) is 22.6 Å². The predicted molar refractivity (Wildman–Crippen MR) is 166 cm³/mol. The fourth-order valence-electron chi connectivity index (χ4n) is 6.26. The first-order chi connectivity index (χ1) is 21.9. The van der Waals surface area contributed by atoms with Gasteiger partial charge >= 0.3 is 10.2 Å². The summed E-state index contributed by atoms with van der Waals surface area (Å²) in [6.45, 7) is 3.42. The van der Waals surface area contributed by atoms with Crippen molar-refractivity contribution in [1.29, 1.82) is 0 Å². The van der Waals surface area contributed by atoms with Gasteiger partial charge in [-0.1, -0.05) is 24.6 Å². The second kappa shape index (κ2) is 10.6. The van der Waals surface area contributed by atoms with Crippen LogP contribution in [0.4, 0.5) is 20.2 Å². The number of amides is 2. The van der Waals surface area contributed by atoms with Gasteiger partial charge in [-0.15, -0.1) is 0 Å². The fourth-order valence-corrected chi connectivity index (χ4v) is 8.01. The van der Waals surface area contributed by atoms with Crippen LogP contribution in [-0.4, -0.2) is 74.3 Å². The molecule has 1 saturated heterocycles. The van der Waals surface area contributed by atoms with Crippen LogP contribution in [0, 0.1) is 11.6 Å². The summed E-state index contributed by atoms with van der Waals surface area (Å²) >= 11 is 6.58. The minimum Gasteiger partial charge on any atom is -0.507 e. The molecule has 236 valence electrons. The van der Waals surface area contributed by atoms with Crippen molar-refractivity contribution in [3.05, 3.63) is 71.8 Å². The van der Waals surface area contributed by atoms with Crippen LogP contribution in [0.3, 0.4) is 0 Å². The van der Waals surface area contributed by atoms with Gasteiger partial charge in [-0.3, -0.25) is 14.6 Å². The van der Waals surface area contributed by atoms with Crippen molar-refractivity contribution in [2.75, 3.05) is 22.3 Å². The molecule has 2 amide bonds. The molecule has 0 radical (unpaired) electrons. The number of pyridine rings is 2. The summed E-state index contributed by atoms with van der Waals surface area (Å²) in [7, 11) is -4.75. The van der Waals surface area contributed by atoms with Crippen LogP contribution < -0.4 is 9.21 Å². The van der Waals surface area contributed by atoms with Crippen molar-refractivity contribution >= 4 is 67.1 Å². The Morgan fingerprint density at radius 2 is 1.89 bits per heavy atom. The molecule has 5 aromatic rings. The number of imidazole rings is 1. The molecule has 2 aliphatic heterocycles. The molecule has 1 fully saturated rings. The Bertz CT molecular complexity index is 2210. The normalized spacial score (nSPS) is 18.3. The summed E-state index contributed by atoms with van der Waals surface area (Å²) in [5, 5.41) is 10.2. The number of rotatable bonds is 4. The van der Waals surface area contributed by atoms with E-state index in [4.69, 9.17) is 11.6 Å². The first kappa shape index (κ1) is 29.8. The zero-order valence-electron chi connectivity index (χ0n) is 24.2. The molecule has 2 aliphatic rings. The summed E-state index contributed by atoms with van der Waals surface area (Å²) in [5.41, 5.74) is -1.03. The van der Waals surface area contributed by atoms with Gasteiger partial charge in [0.25, 0.3) is 5.91 Å². The number of carbonyl (C=O) groups is 2. The summed E-state index contributed by atoms with van der Waals surface area (Å²) < 4.78 is 61.3. The lowest BCUT2D eigenvalue weighted by molar-refractivity contribution is -0.135. The van der Waals surface area contributed by atoms with Crippen LogP contribution in [0.2, 0.25) is 5.02 Å². The van der Waals surface area contributed by atoms with Crippen LogP contribution >= 0.6 is 11.6 Å². The second-order valence-corrected chi connectivity index (χ2v) is 13.0. The number of aromatic hydroxyl groups is 1. The number of piperazine rings is 1. The third-order valence-electron chi connectivity index (χ3n) is 8.37. The molecule has 3 aromatic heterocycles. The number of hydrogen-bond acceptors (Lipinski definition) is 9. The van der Waals surface area contributed by atoms with E-state index in [1.54, 1.807) is 18.7 Å². The van der Waals surface area contributed by atoms with Crippen molar-refractivity contribution in [2.24, 2.45) is 0 Å². The molecule has 2 aromatic carbocycles. The predicted octanol–water partition coefficient (Wildman–Crippen LogP) is 4.24.